The van der Waals surface area contributed by atoms with Crippen LogP contribution in [-0.2, 0) is 0 Å². The third-order valence-electron chi connectivity index (χ3n) is 1.91. The molecule has 2 nitrogen and oxygen atoms in total. The first-order valence-electron chi connectivity index (χ1n) is 4.03. The van der Waals surface area contributed by atoms with E-state index < -0.39 is 0 Å². The van der Waals surface area contributed by atoms with E-state index in [0.717, 1.165) is 5.56 Å². The molecule has 0 spiro atoms. The summed E-state index contributed by atoms with van der Waals surface area (Å²) in [4.78, 5) is 0. The minimum Gasteiger partial charge on any atom is -0.271 e. The number of hydrogen-bond donors (Lipinski definition) is 2. The lowest BCUT2D eigenvalue weighted by Gasteiger charge is -2.12. The molecule has 0 aliphatic carbocycles. The van der Waals surface area contributed by atoms with Crippen molar-refractivity contribution in [2.24, 2.45) is 5.84 Å². The Balaban J connectivity index is 3.06. The molecule has 1 rings (SSSR count). The standard InChI is InChI=1S/C10H13FN2/c1-3-10(13-12)8-5-4-7(2)6-9(8)11/h3-6,10,13H,1,12H2,2H3. The zero-order valence-electron chi connectivity index (χ0n) is 7.55. The third-order valence-corrected chi connectivity index (χ3v) is 1.91. The third kappa shape index (κ3) is 2.14. The van der Waals surface area contributed by atoms with Crippen LogP contribution in [0, 0.1) is 12.7 Å². The van der Waals surface area contributed by atoms with E-state index in [1.807, 2.05) is 13.0 Å². The van der Waals surface area contributed by atoms with Gasteiger partial charge >= 0.3 is 0 Å². The van der Waals surface area contributed by atoms with Crippen molar-refractivity contribution >= 4 is 0 Å². The maximum absolute atomic E-state index is 13.3. The van der Waals surface area contributed by atoms with Crippen molar-refractivity contribution in [1.82, 2.24) is 5.43 Å². The Hall–Kier alpha value is -1.19. The molecule has 0 bridgehead atoms. The number of hydrogen-bond acceptors (Lipinski definition) is 2. The van der Waals surface area contributed by atoms with E-state index in [2.05, 4.69) is 12.0 Å². The summed E-state index contributed by atoms with van der Waals surface area (Å²) in [6, 6.07) is 4.69. The molecule has 1 unspecified atom stereocenters. The van der Waals surface area contributed by atoms with Gasteiger partial charge in [0.15, 0.2) is 0 Å². The van der Waals surface area contributed by atoms with Crippen molar-refractivity contribution in [2.45, 2.75) is 13.0 Å². The second kappa shape index (κ2) is 4.16. The van der Waals surface area contributed by atoms with Crippen LogP contribution in [0.3, 0.4) is 0 Å². The molecule has 0 aliphatic heterocycles. The van der Waals surface area contributed by atoms with Gasteiger partial charge in [-0.05, 0) is 18.6 Å². The molecule has 3 heteroatoms. The first-order chi connectivity index (χ1) is 6.19. The average Bonchev–Trinajstić information content (AvgIpc) is 2.10. The second-order valence-electron chi connectivity index (χ2n) is 2.91. The summed E-state index contributed by atoms with van der Waals surface area (Å²) in [6.45, 7) is 5.40. The summed E-state index contributed by atoms with van der Waals surface area (Å²) < 4.78 is 13.3. The maximum Gasteiger partial charge on any atom is 0.128 e. The molecular weight excluding hydrogens is 167 g/mol. The Labute approximate surface area is 77.2 Å². The number of rotatable bonds is 3. The van der Waals surface area contributed by atoms with Crippen LogP contribution < -0.4 is 11.3 Å². The fraction of sp³-hybridized carbons (Fsp3) is 0.200. The number of halogens is 1. The minimum atomic E-state index is -0.333. The lowest BCUT2D eigenvalue weighted by molar-refractivity contribution is 0.567. The Bertz CT molecular complexity index is 310. The Morgan fingerprint density at radius 3 is 2.77 bits per heavy atom. The zero-order chi connectivity index (χ0) is 9.84. The van der Waals surface area contributed by atoms with Gasteiger partial charge in [0, 0.05) is 5.56 Å². The molecule has 0 fully saturated rings. The largest absolute Gasteiger partial charge is 0.271 e. The van der Waals surface area contributed by atoms with E-state index in [1.54, 1.807) is 12.1 Å². The predicted molar refractivity (Wildman–Crippen MR) is 51.4 cm³/mol. The van der Waals surface area contributed by atoms with E-state index in [9.17, 15) is 4.39 Å². The molecule has 0 radical (unpaired) electrons. The summed E-state index contributed by atoms with van der Waals surface area (Å²) in [5.41, 5.74) is 3.88. The van der Waals surface area contributed by atoms with Gasteiger partial charge in [0.1, 0.15) is 5.82 Å². The van der Waals surface area contributed by atoms with Gasteiger partial charge in [-0.15, -0.1) is 6.58 Å². The highest BCUT2D eigenvalue weighted by atomic mass is 19.1. The molecule has 1 aromatic rings. The van der Waals surface area contributed by atoms with Crippen molar-refractivity contribution in [1.29, 1.82) is 0 Å². The molecule has 0 heterocycles. The van der Waals surface area contributed by atoms with Gasteiger partial charge in [-0.3, -0.25) is 5.84 Å². The molecule has 70 valence electrons. The van der Waals surface area contributed by atoms with E-state index >= 15 is 0 Å². The van der Waals surface area contributed by atoms with Gasteiger partial charge in [0.25, 0.3) is 0 Å². The highest BCUT2D eigenvalue weighted by Gasteiger charge is 2.09. The molecule has 0 saturated carbocycles. The second-order valence-corrected chi connectivity index (χ2v) is 2.91. The Kier molecular flexibility index (Phi) is 3.17. The molecule has 13 heavy (non-hydrogen) atoms. The number of benzene rings is 1. The van der Waals surface area contributed by atoms with Gasteiger partial charge in [-0.25, -0.2) is 9.82 Å². The van der Waals surface area contributed by atoms with Crippen LogP contribution in [0.2, 0.25) is 0 Å². The molecule has 0 aromatic heterocycles. The SMILES string of the molecule is C=CC(NN)c1ccc(C)cc1F. The summed E-state index contributed by atoms with van der Waals surface area (Å²) in [7, 11) is 0. The Morgan fingerprint density at radius 2 is 2.31 bits per heavy atom. The predicted octanol–water partition coefficient (Wildman–Crippen LogP) is 1.82. The van der Waals surface area contributed by atoms with E-state index in [1.165, 1.54) is 6.07 Å². The van der Waals surface area contributed by atoms with Crippen molar-refractivity contribution in [3.8, 4) is 0 Å². The molecule has 3 N–H and O–H groups in total. The number of nitrogens with two attached hydrogens (primary N) is 1. The lowest BCUT2D eigenvalue weighted by Crippen LogP contribution is -2.27. The lowest BCUT2D eigenvalue weighted by atomic mass is 10.1. The average molecular weight is 180 g/mol. The van der Waals surface area contributed by atoms with Crippen molar-refractivity contribution in [3.05, 3.63) is 47.8 Å². The smallest absolute Gasteiger partial charge is 0.128 e. The number of aryl methyl sites for hydroxylation is 1. The fourth-order valence-corrected chi connectivity index (χ4v) is 1.17. The summed E-state index contributed by atoms with van der Waals surface area (Å²) in [5.74, 6) is 4.97. The van der Waals surface area contributed by atoms with Crippen LogP contribution in [0.15, 0.2) is 30.9 Å². The molecule has 1 aromatic carbocycles. The van der Waals surface area contributed by atoms with Crippen LogP contribution in [-0.4, -0.2) is 0 Å². The van der Waals surface area contributed by atoms with Crippen LogP contribution >= 0.6 is 0 Å². The van der Waals surface area contributed by atoms with Crippen LogP contribution in [0.1, 0.15) is 17.2 Å². The van der Waals surface area contributed by atoms with E-state index in [4.69, 9.17) is 5.84 Å². The fourth-order valence-electron chi connectivity index (χ4n) is 1.17. The Morgan fingerprint density at radius 1 is 1.62 bits per heavy atom. The monoisotopic (exact) mass is 180 g/mol. The first kappa shape index (κ1) is 9.89. The van der Waals surface area contributed by atoms with Crippen LogP contribution in [0.25, 0.3) is 0 Å². The van der Waals surface area contributed by atoms with Crippen molar-refractivity contribution in [2.75, 3.05) is 0 Å². The molecular formula is C10H13FN2. The van der Waals surface area contributed by atoms with Gasteiger partial charge < -0.3 is 0 Å². The summed E-state index contributed by atoms with van der Waals surface area (Å²) >= 11 is 0. The normalized spacial score (nSPS) is 12.5. The molecule has 1 atom stereocenters. The maximum atomic E-state index is 13.3. The van der Waals surface area contributed by atoms with Gasteiger partial charge in [-0.1, -0.05) is 18.2 Å². The van der Waals surface area contributed by atoms with E-state index in [0.29, 0.717) is 5.56 Å². The highest BCUT2D eigenvalue weighted by molar-refractivity contribution is 5.28. The minimum absolute atomic E-state index is 0.261. The van der Waals surface area contributed by atoms with Gasteiger partial charge in [0.05, 0.1) is 6.04 Å². The number of nitrogens with one attached hydrogen (secondary N) is 1. The zero-order valence-corrected chi connectivity index (χ0v) is 7.55. The van der Waals surface area contributed by atoms with Gasteiger partial charge in [0.2, 0.25) is 0 Å². The van der Waals surface area contributed by atoms with Crippen LogP contribution in [0.4, 0.5) is 4.39 Å². The summed E-state index contributed by atoms with van der Waals surface area (Å²) in [6.07, 6.45) is 1.56. The first-order valence-corrected chi connectivity index (χ1v) is 4.03. The van der Waals surface area contributed by atoms with Crippen LogP contribution in [0.5, 0.6) is 0 Å². The number of hydrazine groups is 1. The molecule has 0 amide bonds. The molecule has 0 aliphatic rings. The van der Waals surface area contributed by atoms with E-state index in [-0.39, 0.29) is 11.9 Å². The van der Waals surface area contributed by atoms with Crippen molar-refractivity contribution in [3.63, 3.8) is 0 Å². The molecule has 0 saturated heterocycles. The summed E-state index contributed by atoms with van der Waals surface area (Å²) in [5, 5.41) is 0. The van der Waals surface area contributed by atoms with Gasteiger partial charge in [-0.2, -0.15) is 0 Å². The van der Waals surface area contributed by atoms with Crippen molar-refractivity contribution < 1.29 is 4.39 Å². The quantitative estimate of drug-likeness (QED) is 0.423. The highest BCUT2D eigenvalue weighted by Crippen LogP contribution is 2.18. The topological polar surface area (TPSA) is 38.0 Å².